The Kier molecular flexibility index (Phi) is 5.83. The fourth-order valence-corrected chi connectivity index (χ4v) is 1.47. The van der Waals surface area contributed by atoms with Gasteiger partial charge in [0.25, 0.3) is 11.8 Å². The molecule has 0 saturated carbocycles. The highest BCUT2D eigenvalue weighted by Gasteiger charge is 2.33. The first-order valence-electron chi connectivity index (χ1n) is 6.32. The summed E-state index contributed by atoms with van der Waals surface area (Å²) in [6.07, 6.45) is 3.56. The minimum absolute atomic E-state index is 0.145. The van der Waals surface area contributed by atoms with Gasteiger partial charge in [0.05, 0.1) is 11.1 Å². The molecule has 1 rings (SSSR count). The van der Waals surface area contributed by atoms with Crippen LogP contribution in [0.15, 0.2) is 53.4 Å². The first-order valence-corrected chi connectivity index (χ1v) is 6.32. The lowest BCUT2D eigenvalue weighted by Gasteiger charge is -2.21. The van der Waals surface area contributed by atoms with Crippen molar-refractivity contribution in [2.75, 3.05) is 7.05 Å². The van der Waals surface area contributed by atoms with Crippen LogP contribution >= 0.6 is 0 Å². The molecule has 1 aromatic rings. The van der Waals surface area contributed by atoms with Gasteiger partial charge in [-0.1, -0.05) is 6.58 Å². The highest BCUT2D eigenvalue weighted by atomic mass is 19.3. The van der Waals surface area contributed by atoms with Gasteiger partial charge in [0.2, 0.25) is 0 Å². The van der Waals surface area contributed by atoms with E-state index in [2.05, 4.69) is 23.3 Å². The number of aromatic nitrogens is 1. The lowest BCUT2D eigenvalue weighted by atomic mass is 10.0. The number of rotatable bonds is 5. The minimum Gasteiger partial charge on any atom is -0.333 e. The monoisotopic (exact) mass is 323 g/mol. The molecule has 1 heterocycles. The maximum atomic E-state index is 13.4. The summed E-state index contributed by atoms with van der Waals surface area (Å²) < 4.78 is 26.7. The number of halogens is 2. The lowest BCUT2D eigenvalue weighted by molar-refractivity contribution is -0.156. The Morgan fingerprint density at radius 1 is 1.39 bits per heavy atom. The summed E-state index contributed by atoms with van der Waals surface area (Å²) in [7, 11) is 1.11. The molecule has 23 heavy (non-hydrogen) atoms. The molecule has 0 fully saturated rings. The van der Waals surface area contributed by atoms with Crippen LogP contribution in [0.1, 0.15) is 17.3 Å². The van der Waals surface area contributed by atoms with Crippen molar-refractivity contribution in [1.29, 1.82) is 0 Å². The third-order valence-electron chi connectivity index (χ3n) is 2.73. The Labute approximate surface area is 131 Å². The average molecular weight is 323 g/mol. The molecule has 0 N–H and O–H groups in total. The molecule has 0 unspecified atom stereocenters. The van der Waals surface area contributed by atoms with Gasteiger partial charge < -0.3 is 4.84 Å². The standard InChI is InChI=1S/C15H15F2N3O3/c1-10(15(2,16)17)12(9-18-3)13(21)20(4)23-14(22)11-5-7-19-8-6-11/h5-9H,1,3H2,2,4H3. The summed E-state index contributed by atoms with van der Waals surface area (Å²) in [4.78, 5) is 35.9. The van der Waals surface area contributed by atoms with Crippen molar-refractivity contribution in [2.24, 2.45) is 4.99 Å². The third-order valence-corrected chi connectivity index (χ3v) is 2.73. The Morgan fingerprint density at radius 3 is 2.43 bits per heavy atom. The van der Waals surface area contributed by atoms with E-state index in [0.717, 1.165) is 13.2 Å². The maximum Gasteiger partial charge on any atom is 0.363 e. The maximum absolute atomic E-state index is 13.4. The predicted molar refractivity (Wildman–Crippen MR) is 79.8 cm³/mol. The van der Waals surface area contributed by atoms with Crippen LogP contribution in [0.3, 0.4) is 0 Å². The molecule has 1 aromatic heterocycles. The van der Waals surface area contributed by atoms with Crippen LogP contribution in [0, 0.1) is 0 Å². The smallest absolute Gasteiger partial charge is 0.333 e. The molecule has 0 spiro atoms. The second-order valence-electron chi connectivity index (χ2n) is 4.51. The number of hydrogen-bond donors (Lipinski definition) is 0. The molecule has 0 radical (unpaired) electrons. The number of pyridine rings is 1. The van der Waals surface area contributed by atoms with Crippen molar-refractivity contribution in [3.63, 3.8) is 0 Å². The molecular formula is C15H15F2N3O3. The molecule has 0 atom stereocenters. The molecule has 0 saturated heterocycles. The van der Waals surface area contributed by atoms with E-state index in [4.69, 9.17) is 4.84 Å². The van der Waals surface area contributed by atoms with E-state index in [0.29, 0.717) is 12.0 Å². The first kappa shape index (κ1) is 18.1. The second kappa shape index (κ2) is 7.39. The van der Waals surface area contributed by atoms with Crippen molar-refractivity contribution < 1.29 is 23.2 Å². The van der Waals surface area contributed by atoms with E-state index in [1.165, 1.54) is 24.5 Å². The number of alkyl halides is 2. The van der Waals surface area contributed by atoms with E-state index < -0.39 is 28.9 Å². The lowest BCUT2D eigenvalue weighted by Crippen LogP contribution is -2.33. The number of hydrogen-bond acceptors (Lipinski definition) is 5. The number of likely N-dealkylation sites (N-methyl/N-ethyl adjacent to an activating group) is 1. The van der Waals surface area contributed by atoms with Crippen molar-refractivity contribution in [3.05, 3.63) is 54.0 Å². The van der Waals surface area contributed by atoms with Gasteiger partial charge >= 0.3 is 5.97 Å². The summed E-state index contributed by atoms with van der Waals surface area (Å²) in [6, 6.07) is 2.75. The van der Waals surface area contributed by atoms with E-state index in [1.54, 1.807) is 0 Å². The largest absolute Gasteiger partial charge is 0.363 e. The quantitative estimate of drug-likeness (QED) is 0.361. The molecular weight excluding hydrogens is 308 g/mol. The zero-order valence-electron chi connectivity index (χ0n) is 12.6. The van der Waals surface area contributed by atoms with Crippen LogP contribution in [0.5, 0.6) is 0 Å². The number of aliphatic imine (C=N–C) groups is 1. The fraction of sp³-hybridized carbons (Fsp3) is 0.200. The number of hydroxylamine groups is 2. The van der Waals surface area contributed by atoms with Crippen LogP contribution in [0.2, 0.25) is 0 Å². The number of carbonyl (C=O) groups excluding carboxylic acids is 2. The summed E-state index contributed by atoms with van der Waals surface area (Å²) in [5.74, 6) is -5.20. The molecule has 0 aliphatic rings. The predicted octanol–water partition coefficient (Wildman–Crippen LogP) is 2.41. The van der Waals surface area contributed by atoms with Gasteiger partial charge in [0.15, 0.2) is 0 Å². The van der Waals surface area contributed by atoms with Gasteiger partial charge in [-0.2, -0.15) is 5.06 Å². The van der Waals surface area contributed by atoms with Crippen molar-refractivity contribution in [1.82, 2.24) is 10.0 Å². The number of carbonyl (C=O) groups is 2. The van der Waals surface area contributed by atoms with Crippen molar-refractivity contribution in [2.45, 2.75) is 12.8 Å². The first-order chi connectivity index (χ1) is 10.7. The van der Waals surface area contributed by atoms with Gasteiger partial charge in [-0.05, 0) is 18.9 Å². The van der Waals surface area contributed by atoms with Crippen LogP contribution in [-0.2, 0) is 9.63 Å². The highest BCUT2D eigenvalue weighted by Crippen LogP contribution is 2.28. The Bertz CT molecular complexity index is 652. The van der Waals surface area contributed by atoms with Crippen molar-refractivity contribution >= 4 is 18.6 Å². The Hall–Kier alpha value is -2.90. The molecule has 8 heteroatoms. The van der Waals surface area contributed by atoms with Gasteiger partial charge in [-0.15, -0.1) is 0 Å². The van der Waals surface area contributed by atoms with E-state index in [9.17, 15) is 18.4 Å². The van der Waals surface area contributed by atoms with Crippen molar-refractivity contribution in [3.8, 4) is 0 Å². The summed E-state index contributed by atoms with van der Waals surface area (Å²) in [5.41, 5.74) is -1.13. The zero-order chi connectivity index (χ0) is 17.6. The normalized spacial score (nSPS) is 11.6. The number of amides is 1. The molecule has 0 aliphatic carbocycles. The minimum atomic E-state index is -3.35. The fourth-order valence-electron chi connectivity index (χ4n) is 1.47. The van der Waals surface area contributed by atoms with E-state index >= 15 is 0 Å². The van der Waals surface area contributed by atoms with E-state index in [-0.39, 0.29) is 5.56 Å². The summed E-state index contributed by atoms with van der Waals surface area (Å²) >= 11 is 0. The Morgan fingerprint density at radius 2 is 1.96 bits per heavy atom. The summed E-state index contributed by atoms with van der Waals surface area (Å²) in [6.45, 7) is 6.89. The topological polar surface area (TPSA) is 71.9 Å². The van der Waals surface area contributed by atoms with E-state index in [1.807, 2.05) is 0 Å². The third kappa shape index (κ3) is 4.80. The van der Waals surface area contributed by atoms with Crippen LogP contribution < -0.4 is 0 Å². The Balaban J connectivity index is 2.93. The average Bonchev–Trinajstić information content (AvgIpc) is 2.51. The molecule has 122 valence electrons. The SMILES string of the molecule is C=NC=C(C(=C)C(C)(F)F)C(=O)N(C)OC(=O)c1ccncc1. The van der Waals surface area contributed by atoms with Crippen LogP contribution in [0.25, 0.3) is 0 Å². The van der Waals surface area contributed by atoms with Gasteiger partial charge in [0, 0.05) is 38.1 Å². The van der Waals surface area contributed by atoms with Crippen LogP contribution in [0.4, 0.5) is 8.78 Å². The summed E-state index contributed by atoms with van der Waals surface area (Å²) in [5, 5.41) is 0.524. The van der Waals surface area contributed by atoms with Gasteiger partial charge in [0.1, 0.15) is 0 Å². The molecule has 0 aromatic carbocycles. The van der Waals surface area contributed by atoms with Gasteiger partial charge in [-0.25, -0.2) is 13.6 Å². The van der Waals surface area contributed by atoms with Gasteiger partial charge in [-0.3, -0.25) is 14.8 Å². The molecule has 0 bridgehead atoms. The second-order valence-corrected chi connectivity index (χ2v) is 4.51. The molecule has 0 aliphatic heterocycles. The van der Waals surface area contributed by atoms with Crippen LogP contribution in [-0.4, -0.2) is 41.6 Å². The zero-order valence-corrected chi connectivity index (χ0v) is 12.6. The molecule has 1 amide bonds. The number of nitrogens with zero attached hydrogens (tertiary/aromatic N) is 3. The highest BCUT2D eigenvalue weighted by molar-refractivity contribution is 5.98. The molecule has 6 nitrogen and oxygen atoms in total.